The molecule has 84 valence electrons. The first-order chi connectivity index (χ1) is 6.86. The van der Waals surface area contributed by atoms with Crippen LogP contribution in [0.25, 0.3) is 0 Å². The number of alkyl halides is 1. The van der Waals surface area contributed by atoms with Crippen LogP contribution in [0.2, 0.25) is 0 Å². The van der Waals surface area contributed by atoms with Crippen LogP contribution in [0.4, 0.5) is 0 Å². The van der Waals surface area contributed by atoms with Crippen LogP contribution in [-0.4, -0.2) is 56.8 Å². The summed E-state index contributed by atoms with van der Waals surface area (Å²) in [7, 11) is 1.70. The summed E-state index contributed by atoms with van der Waals surface area (Å²) in [5.74, 6) is 0.842. The standard InChI is InChI=1S/C10H20BrNO2/c1-13-6-7-14-5-4-12-3-2-10(8-11)9-12/h10H,2-9H2,1H3. The fraction of sp³-hybridized carbons (Fsp3) is 1.00. The third kappa shape index (κ3) is 4.73. The largest absolute Gasteiger partial charge is 0.382 e. The average molecular weight is 266 g/mol. The van der Waals surface area contributed by atoms with Gasteiger partial charge >= 0.3 is 0 Å². The summed E-state index contributed by atoms with van der Waals surface area (Å²) in [6, 6.07) is 0. The fourth-order valence-corrected chi connectivity index (χ4v) is 2.21. The van der Waals surface area contributed by atoms with Crippen LogP contribution in [0.1, 0.15) is 6.42 Å². The van der Waals surface area contributed by atoms with Gasteiger partial charge in [-0.2, -0.15) is 0 Å². The van der Waals surface area contributed by atoms with E-state index >= 15 is 0 Å². The van der Waals surface area contributed by atoms with Crippen molar-refractivity contribution >= 4 is 15.9 Å². The van der Waals surface area contributed by atoms with Gasteiger partial charge in [0.25, 0.3) is 0 Å². The summed E-state index contributed by atoms with van der Waals surface area (Å²) in [4.78, 5) is 2.47. The molecule has 0 aliphatic carbocycles. The summed E-state index contributed by atoms with van der Waals surface area (Å²) >= 11 is 3.53. The zero-order valence-electron chi connectivity index (χ0n) is 8.88. The minimum atomic E-state index is 0.698. The van der Waals surface area contributed by atoms with Crippen LogP contribution in [-0.2, 0) is 9.47 Å². The Morgan fingerprint density at radius 3 is 2.86 bits per heavy atom. The molecule has 0 radical (unpaired) electrons. The van der Waals surface area contributed by atoms with E-state index in [9.17, 15) is 0 Å². The van der Waals surface area contributed by atoms with Crippen LogP contribution in [0.5, 0.6) is 0 Å². The van der Waals surface area contributed by atoms with Gasteiger partial charge in [0.05, 0.1) is 19.8 Å². The van der Waals surface area contributed by atoms with Crippen molar-refractivity contribution in [1.82, 2.24) is 4.90 Å². The molecule has 0 amide bonds. The van der Waals surface area contributed by atoms with Crippen molar-refractivity contribution in [2.45, 2.75) is 6.42 Å². The van der Waals surface area contributed by atoms with Gasteiger partial charge in [0, 0.05) is 25.5 Å². The molecule has 0 saturated carbocycles. The number of likely N-dealkylation sites (tertiary alicyclic amines) is 1. The van der Waals surface area contributed by atoms with E-state index in [0.717, 1.165) is 24.4 Å². The Labute approximate surface area is 94.9 Å². The highest BCUT2D eigenvalue weighted by Crippen LogP contribution is 2.17. The van der Waals surface area contributed by atoms with Crippen LogP contribution in [0.15, 0.2) is 0 Å². The average Bonchev–Trinajstić information content (AvgIpc) is 2.65. The molecular weight excluding hydrogens is 246 g/mol. The lowest BCUT2D eigenvalue weighted by Gasteiger charge is -2.15. The second-order valence-corrected chi connectivity index (χ2v) is 4.36. The van der Waals surface area contributed by atoms with Crippen LogP contribution < -0.4 is 0 Å². The monoisotopic (exact) mass is 265 g/mol. The molecule has 1 heterocycles. The molecule has 4 heteroatoms. The number of hydrogen-bond donors (Lipinski definition) is 0. The van der Waals surface area contributed by atoms with Crippen molar-refractivity contribution in [1.29, 1.82) is 0 Å². The third-order valence-electron chi connectivity index (χ3n) is 2.57. The first kappa shape index (κ1) is 12.4. The Balaban J connectivity index is 1.92. The van der Waals surface area contributed by atoms with Gasteiger partial charge in [-0.15, -0.1) is 0 Å². The van der Waals surface area contributed by atoms with Crippen molar-refractivity contribution in [3.8, 4) is 0 Å². The fourth-order valence-electron chi connectivity index (χ4n) is 1.68. The third-order valence-corrected chi connectivity index (χ3v) is 3.49. The minimum Gasteiger partial charge on any atom is -0.382 e. The van der Waals surface area contributed by atoms with Crippen LogP contribution >= 0.6 is 15.9 Å². The van der Waals surface area contributed by atoms with Crippen LogP contribution in [0, 0.1) is 5.92 Å². The normalized spacial score (nSPS) is 23.1. The molecule has 0 spiro atoms. The van der Waals surface area contributed by atoms with Crippen LogP contribution in [0.3, 0.4) is 0 Å². The summed E-state index contributed by atoms with van der Waals surface area (Å²) in [6.45, 7) is 5.75. The number of halogens is 1. The summed E-state index contributed by atoms with van der Waals surface area (Å²) in [5, 5.41) is 1.13. The van der Waals surface area contributed by atoms with Crippen molar-refractivity contribution in [2.24, 2.45) is 5.92 Å². The Morgan fingerprint density at radius 1 is 1.36 bits per heavy atom. The SMILES string of the molecule is COCCOCCN1CCC(CBr)C1. The van der Waals surface area contributed by atoms with Gasteiger partial charge in [-0.25, -0.2) is 0 Å². The Kier molecular flexibility index (Phi) is 6.77. The molecule has 1 saturated heterocycles. The van der Waals surface area contributed by atoms with Gasteiger partial charge in [-0.05, 0) is 18.9 Å². The van der Waals surface area contributed by atoms with Crippen molar-refractivity contribution < 1.29 is 9.47 Å². The molecule has 0 aromatic rings. The molecule has 14 heavy (non-hydrogen) atoms. The van der Waals surface area contributed by atoms with E-state index in [1.54, 1.807) is 7.11 Å². The number of methoxy groups -OCH3 is 1. The highest BCUT2D eigenvalue weighted by molar-refractivity contribution is 9.09. The molecule has 0 N–H and O–H groups in total. The van der Waals surface area contributed by atoms with E-state index in [4.69, 9.17) is 9.47 Å². The van der Waals surface area contributed by atoms with Gasteiger partial charge < -0.3 is 14.4 Å². The lowest BCUT2D eigenvalue weighted by molar-refractivity contribution is 0.0600. The molecule has 1 unspecified atom stereocenters. The highest BCUT2D eigenvalue weighted by Gasteiger charge is 2.20. The molecule has 0 aromatic heterocycles. The van der Waals surface area contributed by atoms with E-state index in [1.807, 2.05) is 0 Å². The Hall–Kier alpha value is 0.360. The molecule has 1 aliphatic rings. The maximum atomic E-state index is 5.43. The van der Waals surface area contributed by atoms with Gasteiger partial charge in [0.15, 0.2) is 0 Å². The molecule has 1 aliphatic heterocycles. The van der Waals surface area contributed by atoms with Gasteiger partial charge in [-0.3, -0.25) is 0 Å². The zero-order valence-corrected chi connectivity index (χ0v) is 10.5. The highest BCUT2D eigenvalue weighted by atomic mass is 79.9. The van der Waals surface area contributed by atoms with E-state index in [2.05, 4.69) is 20.8 Å². The summed E-state index contributed by atoms with van der Waals surface area (Å²) in [5.41, 5.74) is 0. The van der Waals surface area contributed by atoms with Crippen molar-refractivity contribution in [2.75, 3.05) is 51.9 Å². The Bertz CT molecular complexity index is 146. The predicted octanol–water partition coefficient (Wildman–Crippen LogP) is 1.37. The molecule has 0 bridgehead atoms. The maximum Gasteiger partial charge on any atom is 0.0700 e. The van der Waals surface area contributed by atoms with E-state index in [1.165, 1.54) is 19.5 Å². The molecular formula is C10H20BrNO2. The summed E-state index contributed by atoms with van der Waals surface area (Å²) in [6.07, 6.45) is 1.32. The maximum absolute atomic E-state index is 5.43. The topological polar surface area (TPSA) is 21.7 Å². The zero-order chi connectivity index (χ0) is 10.2. The number of rotatable bonds is 7. The van der Waals surface area contributed by atoms with Gasteiger partial charge in [0.1, 0.15) is 0 Å². The molecule has 1 fully saturated rings. The second kappa shape index (κ2) is 7.63. The quantitative estimate of drug-likeness (QED) is 0.513. The summed E-state index contributed by atoms with van der Waals surface area (Å²) < 4.78 is 10.3. The number of hydrogen-bond acceptors (Lipinski definition) is 3. The molecule has 1 atom stereocenters. The predicted molar refractivity (Wildman–Crippen MR) is 61.0 cm³/mol. The first-order valence-electron chi connectivity index (χ1n) is 5.21. The van der Waals surface area contributed by atoms with Crippen molar-refractivity contribution in [3.05, 3.63) is 0 Å². The van der Waals surface area contributed by atoms with E-state index < -0.39 is 0 Å². The lowest BCUT2D eigenvalue weighted by Crippen LogP contribution is -2.25. The minimum absolute atomic E-state index is 0.698. The van der Waals surface area contributed by atoms with Gasteiger partial charge in [-0.1, -0.05) is 15.9 Å². The number of ether oxygens (including phenoxy) is 2. The first-order valence-corrected chi connectivity index (χ1v) is 6.34. The van der Waals surface area contributed by atoms with E-state index in [-0.39, 0.29) is 0 Å². The van der Waals surface area contributed by atoms with Crippen molar-refractivity contribution in [3.63, 3.8) is 0 Å². The lowest BCUT2D eigenvalue weighted by atomic mass is 10.2. The smallest absolute Gasteiger partial charge is 0.0700 e. The second-order valence-electron chi connectivity index (χ2n) is 3.71. The molecule has 0 aromatic carbocycles. The molecule has 3 nitrogen and oxygen atoms in total. The van der Waals surface area contributed by atoms with E-state index in [0.29, 0.717) is 13.2 Å². The number of nitrogens with zero attached hydrogens (tertiary/aromatic N) is 1. The molecule has 1 rings (SSSR count). The van der Waals surface area contributed by atoms with Gasteiger partial charge in [0.2, 0.25) is 0 Å². The Morgan fingerprint density at radius 2 is 2.21 bits per heavy atom.